The standard InChI is InChI=1S/C17H24F2O6.C17H22F2O6.C17H24F2O5/c1-15(18,19)24-8-13(7-23-10-20)25-14(21)16-3-11-2-12(4-16)6-17(22,5-11)9-16;1-16(18,19)24-8-13(7-23-9-20)25-15(22)17-4-10-2-11(5-17)14(21)12(3-10)6-17;1-16(18,19)23-9-14(8-22-10-20)24-15(21)17-5-11-2-12(6-17)4-13(3-11)7-17/h10-13,22H,2-9H2,1H3;9-13H,2-8H2,1H3;10-14H,2-9H2,1H3. The Morgan fingerprint density at radius 3 is 1.11 bits per heavy atom. The molecule has 12 aliphatic rings. The molecule has 418 valence electrons. The molecule has 17 nitrogen and oxygen atoms in total. The lowest BCUT2D eigenvalue weighted by molar-refractivity contribution is -0.244. The van der Waals surface area contributed by atoms with Gasteiger partial charge in [-0.2, -0.15) is 26.3 Å². The summed E-state index contributed by atoms with van der Waals surface area (Å²) >= 11 is 0. The fraction of sp³-hybridized carbons (Fsp3) is 0.863. The highest BCUT2D eigenvalue weighted by Gasteiger charge is 2.62. The van der Waals surface area contributed by atoms with Crippen LogP contribution in [0.2, 0.25) is 0 Å². The van der Waals surface area contributed by atoms with Gasteiger partial charge in [0.15, 0.2) is 18.3 Å². The average Bonchev–Trinajstić information content (AvgIpc) is 3.28. The number of hydrogen-bond acceptors (Lipinski definition) is 17. The van der Waals surface area contributed by atoms with E-state index in [1.54, 1.807) is 0 Å². The van der Waals surface area contributed by atoms with Crippen molar-refractivity contribution in [1.82, 2.24) is 0 Å². The summed E-state index contributed by atoms with van der Waals surface area (Å²) in [6.45, 7) is -0.320. The summed E-state index contributed by atoms with van der Waals surface area (Å²) in [6.07, 6.45) is 0.0607. The van der Waals surface area contributed by atoms with Crippen molar-refractivity contribution in [2.45, 2.75) is 172 Å². The van der Waals surface area contributed by atoms with E-state index in [0.717, 1.165) is 38.5 Å². The average molecular weight is 1070 g/mol. The Labute approximate surface area is 425 Å². The molecule has 23 heteroatoms. The Kier molecular flexibility index (Phi) is 17.8. The van der Waals surface area contributed by atoms with Crippen LogP contribution in [0.4, 0.5) is 26.3 Å². The summed E-state index contributed by atoms with van der Waals surface area (Å²) in [6, 6.07) is 0. The number of carbonyl (C=O) groups excluding carboxylic acids is 7. The fourth-order valence-electron chi connectivity index (χ4n) is 15.1. The minimum absolute atomic E-state index is 0.0975. The first-order valence-electron chi connectivity index (χ1n) is 25.8. The lowest BCUT2D eigenvalue weighted by atomic mass is 9.48. The lowest BCUT2D eigenvalue weighted by Gasteiger charge is -2.58. The summed E-state index contributed by atoms with van der Waals surface area (Å²) in [7, 11) is 0. The first-order chi connectivity index (χ1) is 34.6. The third-order valence-corrected chi connectivity index (χ3v) is 16.8. The summed E-state index contributed by atoms with van der Waals surface area (Å²) in [5, 5.41) is 10.7. The van der Waals surface area contributed by atoms with Crippen molar-refractivity contribution in [3.63, 3.8) is 0 Å². The number of halogens is 6. The van der Waals surface area contributed by atoms with Gasteiger partial charge in [-0.15, -0.1) is 0 Å². The third kappa shape index (κ3) is 14.7. The van der Waals surface area contributed by atoms with Crippen molar-refractivity contribution in [2.75, 3.05) is 39.6 Å². The molecule has 12 saturated carbocycles. The second-order valence-electron chi connectivity index (χ2n) is 23.4. The van der Waals surface area contributed by atoms with Crippen molar-refractivity contribution in [1.29, 1.82) is 0 Å². The molecule has 7 atom stereocenters. The molecule has 12 rings (SSSR count). The van der Waals surface area contributed by atoms with E-state index in [-0.39, 0.29) is 62.8 Å². The van der Waals surface area contributed by atoms with Gasteiger partial charge >= 0.3 is 36.2 Å². The van der Waals surface area contributed by atoms with Crippen LogP contribution in [0.3, 0.4) is 0 Å². The van der Waals surface area contributed by atoms with Crippen molar-refractivity contribution in [3.8, 4) is 0 Å². The van der Waals surface area contributed by atoms with Gasteiger partial charge in [0.05, 0.1) is 41.7 Å². The number of Topliss-reactive ketones (excluding diaryl/α,β-unsaturated/α-hetero) is 1. The van der Waals surface area contributed by atoms with E-state index in [4.69, 9.17) is 14.2 Å². The largest absolute Gasteiger partial charge is 0.464 e. The molecule has 0 amide bonds. The summed E-state index contributed by atoms with van der Waals surface area (Å²) < 4.78 is 120. The highest BCUT2D eigenvalue weighted by Crippen LogP contribution is 2.63. The van der Waals surface area contributed by atoms with E-state index >= 15 is 0 Å². The van der Waals surface area contributed by atoms with Crippen LogP contribution in [0.1, 0.15) is 130 Å². The number of alkyl halides is 6. The highest BCUT2D eigenvalue weighted by molar-refractivity contribution is 5.89. The third-order valence-electron chi connectivity index (χ3n) is 16.8. The molecule has 0 heterocycles. The molecule has 0 aromatic carbocycles. The molecular weight excluding hydrogens is 999 g/mol. The van der Waals surface area contributed by atoms with E-state index in [1.165, 1.54) is 19.3 Å². The van der Waals surface area contributed by atoms with Crippen LogP contribution in [0, 0.1) is 63.6 Å². The zero-order chi connectivity index (χ0) is 53.9. The Bertz CT molecular complexity index is 1950. The van der Waals surface area contributed by atoms with Crippen LogP contribution in [-0.4, -0.2) is 130 Å². The number of ether oxygens (including phenoxy) is 9. The second-order valence-corrected chi connectivity index (χ2v) is 23.4. The van der Waals surface area contributed by atoms with Crippen LogP contribution in [0.15, 0.2) is 0 Å². The molecule has 0 aromatic heterocycles. The molecule has 0 saturated heterocycles. The minimum atomic E-state index is -3.38. The van der Waals surface area contributed by atoms with Crippen molar-refractivity contribution in [3.05, 3.63) is 0 Å². The first kappa shape index (κ1) is 57.6. The van der Waals surface area contributed by atoms with E-state index < -0.39 is 90.2 Å². The molecule has 12 bridgehead atoms. The van der Waals surface area contributed by atoms with Crippen LogP contribution in [0.5, 0.6) is 0 Å². The van der Waals surface area contributed by atoms with Gasteiger partial charge in [0.2, 0.25) is 0 Å². The molecule has 0 aliphatic heterocycles. The van der Waals surface area contributed by atoms with E-state index in [0.29, 0.717) is 108 Å². The second kappa shape index (κ2) is 22.9. The highest BCUT2D eigenvalue weighted by atomic mass is 19.3. The minimum Gasteiger partial charge on any atom is -0.464 e. The molecule has 7 unspecified atom stereocenters. The quantitative estimate of drug-likeness (QED) is 0.0443. The number of hydrogen-bond donors (Lipinski definition) is 1. The number of aliphatic hydroxyl groups is 1. The van der Waals surface area contributed by atoms with Gasteiger partial charge in [-0.1, -0.05) is 0 Å². The lowest BCUT2D eigenvalue weighted by Crippen LogP contribution is -2.59. The molecular formula is C51H70F6O17. The maximum absolute atomic E-state index is 12.9. The van der Waals surface area contributed by atoms with Crippen LogP contribution in [0.25, 0.3) is 0 Å². The summed E-state index contributed by atoms with van der Waals surface area (Å²) in [4.78, 5) is 81.7. The SMILES string of the molecule is CC(F)(F)OCC(COC=O)OC(=O)C12CC3CC(C1)C(=O)C(C3)C2.CC(F)(F)OCC(COC=O)OC(=O)C12CC3CC(CC(C3)C1)C2.CC(F)(F)OCC(COC=O)OC(=O)C12CC3CC(CC(O)(C3)C1)C2. The number of esters is 3. The van der Waals surface area contributed by atoms with Crippen molar-refractivity contribution in [2.24, 2.45) is 63.6 Å². The molecule has 0 spiro atoms. The van der Waals surface area contributed by atoms with Gasteiger partial charge in [0.1, 0.15) is 25.6 Å². The molecule has 12 aliphatic carbocycles. The van der Waals surface area contributed by atoms with Crippen molar-refractivity contribution >= 4 is 43.1 Å². The molecule has 0 radical (unpaired) electrons. The maximum Gasteiger partial charge on any atom is 0.353 e. The molecule has 0 aromatic rings. The van der Waals surface area contributed by atoms with Crippen molar-refractivity contribution < 1.29 is 108 Å². The van der Waals surface area contributed by atoms with Crippen LogP contribution in [-0.2, 0) is 76.2 Å². The predicted octanol–water partition coefficient (Wildman–Crippen LogP) is 7.04. The zero-order valence-corrected chi connectivity index (χ0v) is 42.1. The molecule has 1 N–H and O–H groups in total. The normalized spacial score (nSPS) is 35.9. The zero-order valence-electron chi connectivity index (χ0n) is 42.1. The van der Waals surface area contributed by atoms with E-state index in [2.05, 4.69) is 28.4 Å². The smallest absolute Gasteiger partial charge is 0.353 e. The van der Waals surface area contributed by atoms with Gasteiger partial charge in [0.25, 0.3) is 19.4 Å². The molecule has 12 fully saturated rings. The van der Waals surface area contributed by atoms with Gasteiger partial charge in [0, 0.05) is 32.6 Å². The summed E-state index contributed by atoms with van der Waals surface area (Å²) in [5.74, 6) is 1.34. The van der Waals surface area contributed by atoms with Crippen LogP contribution < -0.4 is 0 Å². The fourth-order valence-corrected chi connectivity index (χ4v) is 15.1. The first-order valence-corrected chi connectivity index (χ1v) is 25.8. The van der Waals surface area contributed by atoms with E-state index in [1.807, 2.05) is 0 Å². The Balaban J connectivity index is 0.000000162. The van der Waals surface area contributed by atoms with Gasteiger partial charge in [-0.05, 0) is 145 Å². The molecule has 74 heavy (non-hydrogen) atoms. The Morgan fingerprint density at radius 1 is 0.486 bits per heavy atom. The van der Waals surface area contributed by atoms with Gasteiger partial charge in [-0.25, -0.2) is 0 Å². The van der Waals surface area contributed by atoms with Gasteiger partial charge in [-0.3, -0.25) is 33.6 Å². The van der Waals surface area contributed by atoms with E-state index in [9.17, 15) is 65.0 Å². The Morgan fingerprint density at radius 2 is 0.784 bits per heavy atom. The summed E-state index contributed by atoms with van der Waals surface area (Å²) in [5.41, 5.74) is -2.81. The number of ketones is 1. The topological polar surface area (TPSA) is 223 Å². The van der Waals surface area contributed by atoms with Crippen LogP contribution >= 0.6 is 0 Å². The predicted molar refractivity (Wildman–Crippen MR) is 239 cm³/mol. The van der Waals surface area contributed by atoms with Gasteiger partial charge < -0.3 is 47.7 Å². The monoisotopic (exact) mass is 1070 g/mol. The Hall–Kier alpha value is -4.09. The number of carbonyl (C=O) groups is 7. The number of rotatable bonds is 24. The maximum atomic E-state index is 12.9.